The molecule has 0 amide bonds. The summed E-state index contributed by atoms with van der Waals surface area (Å²) in [6.45, 7) is 1.92. The summed E-state index contributed by atoms with van der Waals surface area (Å²) in [6.07, 6.45) is 0. The summed E-state index contributed by atoms with van der Waals surface area (Å²) in [6, 6.07) is 16.2. The zero-order chi connectivity index (χ0) is 17.4. The van der Waals surface area contributed by atoms with E-state index in [1.54, 1.807) is 24.3 Å². The van der Waals surface area contributed by atoms with Gasteiger partial charge in [-0.3, -0.25) is 0 Å². The van der Waals surface area contributed by atoms with Crippen molar-refractivity contribution in [2.45, 2.75) is 11.1 Å². The maximum absolute atomic E-state index is 12.7. The molecule has 0 aliphatic heterocycles. The van der Waals surface area contributed by atoms with E-state index in [2.05, 4.69) is 4.98 Å². The third-order valence-corrected chi connectivity index (χ3v) is 7.21. The van der Waals surface area contributed by atoms with Gasteiger partial charge in [-0.05, 0) is 30.5 Å². The Bertz CT molecular complexity index is 1150. The van der Waals surface area contributed by atoms with Crippen LogP contribution in [0.3, 0.4) is 0 Å². The van der Waals surface area contributed by atoms with Crippen molar-refractivity contribution in [1.29, 1.82) is 0 Å². The monoisotopic (exact) mass is 387 g/mol. The van der Waals surface area contributed by atoms with Crippen molar-refractivity contribution in [2.24, 2.45) is 0 Å². The third kappa shape index (κ3) is 3.18. The Hall–Kier alpha value is -2.22. The van der Waals surface area contributed by atoms with Crippen LogP contribution in [0.25, 0.3) is 21.3 Å². The first-order chi connectivity index (χ1) is 12.0. The summed E-state index contributed by atoms with van der Waals surface area (Å²) in [5.74, 6) is 0.331. The second kappa shape index (κ2) is 6.25. The van der Waals surface area contributed by atoms with Gasteiger partial charge in [0.15, 0.2) is 9.96 Å². The number of thiophene rings is 1. The van der Waals surface area contributed by atoms with Crippen molar-refractivity contribution in [2.75, 3.05) is 0 Å². The van der Waals surface area contributed by atoms with Crippen LogP contribution in [0.4, 0.5) is 0 Å². The molecule has 0 aliphatic rings. The normalized spacial score (nSPS) is 11.7. The van der Waals surface area contributed by atoms with Gasteiger partial charge in [-0.1, -0.05) is 36.4 Å². The zero-order valence-electron chi connectivity index (χ0n) is 13.2. The quantitative estimate of drug-likeness (QED) is 0.457. The van der Waals surface area contributed by atoms with E-state index in [-0.39, 0.29) is 4.21 Å². The number of benzene rings is 2. The largest absolute Gasteiger partial charge is 0.378 e. The highest BCUT2D eigenvalue weighted by Gasteiger charge is 2.21. The van der Waals surface area contributed by atoms with Gasteiger partial charge in [-0.25, -0.2) is 4.98 Å². The van der Waals surface area contributed by atoms with Gasteiger partial charge >= 0.3 is 10.1 Å². The lowest BCUT2D eigenvalue weighted by Gasteiger charge is -2.08. The highest BCUT2D eigenvalue weighted by Crippen LogP contribution is 2.34. The van der Waals surface area contributed by atoms with Crippen LogP contribution in [0.2, 0.25) is 0 Å². The van der Waals surface area contributed by atoms with Gasteiger partial charge in [-0.2, -0.15) is 8.42 Å². The molecule has 0 N–H and O–H groups in total. The van der Waals surface area contributed by atoms with Gasteiger partial charge in [0.05, 0.1) is 15.6 Å². The molecule has 0 radical (unpaired) electrons. The Kier molecular flexibility index (Phi) is 4.07. The molecule has 2 aromatic carbocycles. The Morgan fingerprint density at radius 3 is 2.60 bits per heavy atom. The van der Waals surface area contributed by atoms with Crippen molar-refractivity contribution in [3.63, 3.8) is 0 Å². The molecule has 4 nitrogen and oxygen atoms in total. The maximum Gasteiger partial charge on any atom is 0.348 e. The second-order valence-electron chi connectivity index (χ2n) is 5.39. The van der Waals surface area contributed by atoms with Crippen molar-refractivity contribution >= 4 is 43.6 Å². The van der Waals surface area contributed by atoms with Crippen LogP contribution in [0.1, 0.15) is 5.01 Å². The molecule has 4 aromatic rings. The molecule has 7 heteroatoms. The van der Waals surface area contributed by atoms with Crippen molar-refractivity contribution in [3.05, 3.63) is 65.0 Å². The average molecular weight is 388 g/mol. The summed E-state index contributed by atoms with van der Waals surface area (Å²) >= 11 is 2.70. The first-order valence-corrected chi connectivity index (χ1v) is 10.6. The van der Waals surface area contributed by atoms with Crippen LogP contribution >= 0.6 is 22.7 Å². The van der Waals surface area contributed by atoms with E-state index in [1.165, 1.54) is 11.3 Å². The molecule has 0 spiro atoms. The van der Waals surface area contributed by atoms with E-state index in [0.717, 1.165) is 37.7 Å². The molecule has 0 bridgehead atoms. The van der Waals surface area contributed by atoms with Crippen LogP contribution in [-0.2, 0) is 10.1 Å². The van der Waals surface area contributed by atoms with Gasteiger partial charge in [0, 0.05) is 10.8 Å². The zero-order valence-corrected chi connectivity index (χ0v) is 15.6. The number of hydrogen-bond acceptors (Lipinski definition) is 6. The summed E-state index contributed by atoms with van der Waals surface area (Å²) in [5, 5.41) is 4.56. The van der Waals surface area contributed by atoms with Gasteiger partial charge in [0.1, 0.15) is 0 Å². The van der Waals surface area contributed by atoms with Crippen molar-refractivity contribution in [3.8, 4) is 16.3 Å². The molecular weight excluding hydrogens is 374 g/mol. The van der Waals surface area contributed by atoms with E-state index in [0.29, 0.717) is 5.75 Å². The average Bonchev–Trinajstić information content (AvgIpc) is 3.24. The molecule has 4 rings (SSSR count). The predicted octanol–water partition coefficient (Wildman–Crippen LogP) is 5.10. The minimum Gasteiger partial charge on any atom is -0.378 e. The molecule has 2 aromatic heterocycles. The van der Waals surface area contributed by atoms with Gasteiger partial charge in [0.25, 0.3) is 0 Å². The maximum atomic E-state index is 12.7. The summed E-state index contributed by atoms with van der Waals surface area (Å²) < 4.78 is 30.9. The Morgan fingerprint density at radius 1 is 1.00 bits per heavy atom. The molecular formula is C18H13NO3S3. The molecule has 0 atom stereocenters. The fourth-order valence-corrected chi connectivity index (χ4v) is 5.36. The lowest BCUT2D eigenvalue weighted by Crippen LogP contribution is -2.08. The Morgan fingerprint density at radius 2 is 1.80 bits per heavy atom. The first kappa shape index (κ1) is 16.3. The highest BCUT2D eigenvalue weighted by molar-refractivity contribution is 7.89. The first-order valence-electron chi connectivity index (χ1n) is 7.47. The number of aromatic nitrogens is 1. The standard InChI is InChI=1S/C18H13NO3S3/c1-12-19-15(11-23-12)17-9-10-18(24-17)25(20,21)22-16-8-4-6-13-5-2-3-7-14(13)16/h2-11H,1H3. The second-order valence-corrected chi connectivity index (χ2v) is 9.30. The SMILES string of the molecule is Cc1nc(-c2ccc(S(=O)(=O)Oc3cccc4ccccc34)s2)cs1. The van der Waals surface area contributed by atoms with Crippen LogP contribution in [-0.4, -0.2) is 13.4 Å². The Labute approximate surface area is 153 Å². The van der Waals surface area contributed by atoms with Gasteiger partial charge in [0.2, 0.25) is 0 Å². The number of nitrogens with zero attached hydrogens (tertiary/aromatic N) is 1. The smallest absolute Gasteiger partial charge is 0.348 e. The Balaban J connectivity index is 1.69. The molecule has 0 aliphatic carbocycles. The minimum absolute atomic E-state index is 0.168. The van der Waals surface area contributed by atoms with Crippen LogP contribution in [0.15, 0.2) is 64.2 Å². The topological polar surface area (TPSA) is 56.3 Å². The highest BCUT2D eigenvalue weighted by atomic mass is 32.3. The van der Waals surface area contributed by atoms with Gasteiger partial charge in [-0.15, -0.1) is 22.7 Å². The lowest BCUT2D eigenvalue weighted by atomic mass is 10.1. The number of hydrogen-bond donors (Lipinski definition) is 0. The van der Waals surface area contributed by atoms with E-state index in [9.17, 15) is 8.42 Å². The summed E-state index contributed by atoms with van der Waals surface area (Å²) in [4.78, 5) is 5.20. The minimum atomic E-state index is -3.89. The van der Waals surface area contributed by atoms with E-state index in [4.69, 9.17) is 4.18 Å². The van der Waals surface area contributed by atoms with E-state index < -0.39 is 10.1 Å². The fourth-order valence-electron chi connectivity index (χ4n) is 2.50. The van der Waals surface area contributed by atoms with Crippen LogP contribution in [0.5, 0.6) is 5.75 Å². The molecule has 2 heterocycles. The summed E-state index contributed by atoms with van der Waals surface area (Å²) in [7, 11) is -3.89. The number of thiazole rings is 1. The fraction of sp³-hybridized carbons (Fsp3) is 0.0556. The van der Waals surface area contributed by atoms with Crippen LogP contribution in [0, 0.1) is 6.92 Å². The van der Waals surface area contributed by atoms with Gasteiger partial charge < -0.3 is 4.18 Å². The number of fused-ring (bicyclic) bond motifs is 1. The lowest BCUT2D eigenvalue weighted by molar-refractivity contribution is 0.491. The third-order valence-electron chi connectivity index (χ3n) is 3.65. The predicted molar refractivity (Wildman–Crippen MR) is 102 cm³/mol. The molecule has 25 heavy (non-hydrogen) atoms. The van der Waals surface area contributed by atoms with E-state index in [1.807, 2.05) is 42.6 Å². The van der Waals surface area contributed by atoms with Crippen molar-refractivity contribution in [1.82, 2.24) is 4.98 Å². The molecule has 0 fully saturated rings. The molecule has 0 unspecified atom stereocenters. The summed E-state index contributed by atoms with van der Waals surface area (Å²) in [5.41, 5.74) is 0.791. The van der Waals surface area contributed by atoms with Crippen molar-refractivity contribution < 1.29 is 12.6 Å². The molecule has 126 valence electrons. The molecule has 0 saturated carbocycles. The van der Waals surface area contributed by atoms with E-state index >= 15 is 0 Å². The number of rotatable bonds is 4. The molecule has 0 saturated heterocycles. The van der Waals surface area contributed by atoms with Crippen LogP contribution < -0.4 is 4.18 Å². The number of aryl methyl sites for hydroxylation is 1.